The van der Waals surface area contributed by atoms with Crippen LogP contribution in [0, 0.1) is 5.92 Å². The highest BCUT2D eigenvalue weighted by Gasteiger charge is 2.04. The normalized spacial score (nSPS) is 11.5. The average Bonchev–Trinajstić information content (AvgIpc) is 2.44. The Morgan fingerprint density at radius 3 is 2.60 bits per heavy atom. The zero-order valence-electron chi connectivity index (χ0n) is 13.7. The minimum atomic E-state index is 0.693. The average molecular weight is 277 g/mol. The second kappa shape index (κ2) is 9.89. The molecule has 114 valence electrons. The number of nitrogens with one attached hydrogen (secondary N) is 1. The molecule has 0 amide bonds. The Morgan fingerprint density at radius 2 is 2.05 bits per heavy atom. The Kier molecular flexibility index (Phi) is 8.47. The fourth-order valence-corrected chi connectivity index (χ4v) is 2.12. The van der Waals surface area contributed by atoms with Crippen LogP contribution in [0.2, 0.25) is 0 Å². The van der Waals surface area contributed by atoms with Crippen molar-refractivity contribution >= 4 is 0 Å². The smallest absolute Gasteiger partial charge is 0.0544 e. The predicted octanol–water partition coefficient (Wildman–Crippen LogP) is 3.45. The van der Waals surface area contributed by atoms with Gasteiger partial charge >= 0.3 is 0 Å². The third-order valence-corrected chi connectivity index (χ3v) is 3.43. The molecule has 3 nitrogen and oxygen atoms in total. The quantitative estimate of drug-likeness (QED) is 0.710. The molecule has 1 rings (SSSR count). The van der Waals surface area contributed by atoms with E-state index in [4.69, 9.17) is 0 Å². The van der Waals surface area contributed by atoms with Crippen molar-refractivity contribution in [3.05, 3.63) is 29.6 Å². The Morgan fingerprint density at radius 1 is 1.25 bits per heavy atom. The molecule has 1 aromatic heterocycles. The summed E-state index contributed by atoms with van der Waals surface area (Å²) < 4.78 is 0. The SMILES string of the molecule is CCCCN(CC)Cc1ccc(CNCC(C)C)cn1. The van der Waals surface area contributed by atoms with Crippen molar-refractivity contribution in [3.63, 3.8) is 0 Å². The fraction of sp³-hybridized carbons (Fsp3) is 0.706. The lowest BCUT2D eigenvalue weighted by Crippen LogP contribution is -2.24. The van der Waals surface area contributed by atoms with E-state index < -0.39 is 0 Å². The molecule has 0 saturated carbocycles. The molecule has 0 spiro atoms. The molecule has 1 heterocycles. The minimum Gasteiger partial charge on any atom is -0.312 e. The zero-order valence-corrected chi connectivity index (χ0v) is 13.7. The van der Waals surface area contributed by atoms with E-state index in [1.165, 1.54) is 30.6 Å². The molecule has 1 aromatic rings. The van der Waals surface area contributed by atoms with Crippen LogP contribution in [0.1, 0.15) is 51.8 Å². The lowest BCUT2D eigenvalue weighted by atomic mass is 10.2. The van der Waals surface area contributed by atoms with Crippen molar-refractivity contribution in [2.45, 2.75) is 53.6 Å². The highest BCUT2D eigenvalue weighted by atomic mass is 15.1. The van der Waals surface area contributed by atoms with Gasteiger partial charge in [-0.1, -0.05) is 40.2 Å². The van der Waals surface area contributed by atoms with E-state index in [1.54, 1.807) is 0 Å². The molecule has 0 radical (unpaired) electrons. The third kappa shape index (κ3) is 7.01. The summed E-state index contributed by atoms with van der Waals surface area (Å²) in [4.78, 5) is 7.05. The summed E-state index contributed by atoms with van der Waals surface area (Å²) in [6, 6.07) is 4.37. The first kappa shape index (κ1) is 17.1. The molecule has 0 bridgehead atoms. The number of rotatable bonds is 10. The van der Waals surface area contributed by atoms with Gasteiger partial charge in [-0.3, -0.25) is 9.88 Å². The van der Waals surface area contributed by atoms with Gasteiger partial charge in [0.05, 0.1) is 5.69 Å². The zero-order chi connectivity index (χ0) is 14.8. The van der Waals surface area contributed by atoms with Gasteiger partial charge in [0.15, 0.2) is 0 Å². The van der Waals surface area contributed by atoms with E-state index >= 15 is 0 Å². The molecule has 0 aromatic carbocycles. The van der Waals surface area contributed by atoms with Crippen molar-refractivity contribution in [1.82, 2.24) is 15.2 Å². The standard InChI is InChI=1S/C17H31N3/c1-5-7-10-20(6-2)14-17-9-8-16(13-19-17)12-18-11-15(3)4/h8-9,13,15,18H,5-7,10-12,14H2,1-4H3. The van der Waals surface area contributed by atoms with Crippen LogP contribution < -0.4 is 5.32 Å². The first-order valence-electron chi connectivity index (χ1n) is 8.02. The van der Waals surface area contributed by atoms with Crippen molar-refractivity contribution in [2.75, 3.05) is 19.6 Å². The first-order valence-corrected chi connectivity index (χ1v) is 8.02. The Balaban J connectivity index is 2.40. The predicted molar refractivity (Wildman–Crippen MR) is 86.6 cm³/mol. The Labute approximate surface area is 124 Å². The van der Waals surface area contributed by atoms with Gasteiger partial charge in [0.25, 0.3) is 0 Å². The molecule has 0 saturated heterocycles. The van der Waals surface area contributed by atoms with Crippen LogP contribution in [0.3, 0.4) is 0 Å². The van der Waals surface area contributed by atoms with Gasteiger partial charge in [-0.25, -0.2) is 0 Å². The summed E-state index contributed by atoms with van der Waals surface area (Å²) in [7, 11) is 0. The van der Waals surface area contributed by atoms with Crippen molar-refractivity contribution in [2.24, 2.45) is 5.92 Å². The van der Waals surface area contributed by atoms with E-state index in [1.807, 2.05) is 6.20 Å². The topological polar surface area (TPSA) is 28.2 Å². The molecule has 1 N–H and O–H groups in total. The van der Waals surface area contributed by atoms with Gasteiger partial charge in [0.2, 0.25) is 0 Å². The summed E-state index contributed by atoms with van der Waals surface area (Å²) in [6.07, 6.45) is 4.53. The molecule has 20 heavy (non-hydrogen) atoms. The maximum absolute atomic E-state index is 4.59. The van der Waals surface area contributed by atoms with Gasteiger partial charge in [-0.2, -0.15) is 0 Å². The summed E-state index contributed by atoms with van der Waals surface area (Å²) in [5.41, 5.74) is 2.45. The molecule has 3 heteroatoms. The van der Waals surface area contributed by atoms with Crippen molar-refractivity contribution < 1.29 is 0 Å². The second-order valence-electron chi connectivity index (χ2n) is 5.90. The van der Waals surface area contributed by atoms with Crippen LogP contribution in [-0.2, 0) is 13.1 Å². The summed E-state index contributed by atoms with van der Waals surface area (Å²) in [5, 5.41) is 3.45. The van der Waals surface area contributed by atoms with Crippen LogP contribution in [0.5, 0.6) is 0 Å². The van der Waals surface area contributed by atoms with Gasteiger partial charge in [-0.15, -0.1) is 0 Å². The maximum Gasteiger partial charge on any atom is 0.0544 e. The maximum atomic E-state index is 4.59. The van der Waals surface area contributed by atoms with E-state index in [9.17, 15) is 0 Å². The van der Waals surface area contributed by atoms with Gasteiger partial charge < -0.3 is 5.32 Å². The number of pyridine rings is 1. The summed E-state index contributed by atoms with van der Waals surface area (Å²) in [6.45, 7) is 14.1. The lowest BCUT2D eigenvalue weighted by molar-refractivity contribution is 0.272. The molecule has 0 aliphatic rings. The number of unbranched alkanes of at least 4 members (excludes halogenated alkanes) is 1. The number of hydrogen-bond donors (Lipinski definition) is 1. The van der Waals surface area contributed by atoms with Crippen LogP contribution >= 0.6 is 0 Å². The van der Waals surface area contributed by atoms with E-state index in [0.717, 1.165) is 26.2 Å². The van der Waals surface area contributed by atoms with Crippen LogP contribution in [-0.4, -0.2) is 29.5 Å². The molecule has 0 aliphatic heterocycles. The lowest BCUT2D eigenvalue weighted by Gasteiger charge is -2.19. The van der Waals surface area contributed by atoms with Crippen LogP contribution in [0.25, 0.3) is 0 Å². The first-order chi connectivity index (χ1) is 9.65. The van der Waals surface area contributed by atoms with Crippen molar-refractivity contribution in [3.8, 4) is 0 Å². The minimum absolute atomic E-state index is 0.693. The monoisotopic (exact) mass is 277 g/mol. The van der Waals surface area contributed by atoms with E-state index in [2.05, 4.69) is 55.0 Å². The van der Waals surface area contributed by atoms with E-state index in [0.29, 0.717) is 5.92 Å². The highest BCUT2D eigenvalue weighted by molar-refractivity contribution is 5.14. The molecular formula is C17H31N3. The summed E-state index contributed by atoms with van der Waals surface area (Å²) in [5.74, 6) is 0.693. The van der Waals surface area contributed by atoms with E-state index in [-0.39, 0.29) is 0 Å². The Hall–Kier alpha value is -0.930. The molecular weight excluding hydrogens is 246 g/mol. The molecule has 0 fully saturated rings. The molecule has 0 unspecified atom stereocenters. The van der Waals surface area contributed by atoms with Crippen LogP contribution in [0.4, 0.5) is 0 Å². The Bertz CT molecular complexity index is 346. The number of nitrogens with zero attached hydrogens (tertiary/aromatic N) is 2. The molecule has 0 atom stereocenters. The highest BCUT2D eigenvalue weighted by Crippen LogP contribution is 2.05. The fourth-order valence-electron chi connectivity index (χ4n) is 2.12. The van der Waals surface area contributed by atoms with Gasteiger partial charge in [-0.05, 0) is 43.6 Å². The second-order valence-corrected chi connectivity index (χ2v) is 5.90. The van der Waals surface area contributed by atoms with Crippen molar-refractivity contribution in [1.29, 1.82) is 0 Å². The van der Waals surface area contributed by atoms with Gasteiger partial charge in [0.1, 0.15) is 0 Å². The third-order valence-electron chi connectivity index (χ3n) is 3.43. The number of aromatic nitrogens is 1. The molecule has 0 aliphatic carbocycles. The largest absolute Gasteiger partial charge is 0.312 e. The van der Waals surface area contributed by atoms with Gasteiger partial charge in [0, 0.05) is 19.3 Å². The number of hydrogen-bond acceptors (Lipinski definition) is 3. The van der Waals surface area contributed by atoms with Crippen LogP contribution in [0.15, 0.2) is 18.3 Å². The summed E-state index contributed by atoms with van der Waals surface area (Å²) >= 11 is 0.